The summed E-state index contributed by atoms with van der Waals surface area (Å²) in [6, 6.07) is 1.54. The van der Waals surface area contributed by atoms with Gasteiger partial charge in [0.05, 0.1) is 18.3 Å². The van der Waals surface area contributed by atoms with Gasteiger partial charge in [-0.05, 0) is 44.1 Å². The quantitative estimate of drug-likeness (QED) is 0.494. The summed E-state index contributed by atoms with van der Waals surface area (Å²) in [4.78, 5) is 37.3. The third-order valence-corrected chi connectivity index (χ3v) is 6.89. The van der Waals surface area contributed by atoms with Crippen LogP contribution in [0.15, 0.2) is 18.5 Å². The van der Waals surface area contributed by atoms with Gasteiger partial charge in [0.15, 0.2) is 5.15 Å². The molecule has 1 saturated heterocycles. The van der Waals surface area contributed by atoms with Crippen LogP contribution in [0.25, 0.3) is 11.3 Å². The van der Waals surface area contributed by atoms with Crippen molar-refractivity contribution in [2.75, 3.05) is 37.5 Å². The minimum Gasteiger partial charge on any atom is -0.453 e. The second kappa shape index (κ2) is 11.8. The van der Waals surface area contributed by atoms with Gasteiger partial charge in [0, 0.05) is 43.5 Å². The smallest absolute Gasteiger partial charge is 0.407 e. The van der Waals surface area contributed by atoms with Crippen LogP contribution >= 0.6 is 23.2 Å². The number of nitrogens with one attached hydrogen (secondary N) is 3. The molecule has 2 amide bonds. The molecule has 4 rings (SSSR count). The van der Waals surface area contributed by atoms with Crippen molar-refractivity contribution in [3.05, 3.63) is 28.6 Å². The van der Waals surface area contributed by atoms with Gasteiger partial charge in [-0.2, -0.15) is 0 Å². The average Bonchev–Trinajstić information content (AvgIpc) is 3.34. The first-order valence-corrected chi connectivity index (χ1v) is 12.3. The fourth-order valence-electron chi connectivity index (χ4n) is 4.32. The highest BCUT2D eigenvalue weighted by Gasteiger charge is 2.31. The third-order valence-electron chi connectivity index (χ3n) is 6.31. The van der Waals surface area contributed by atoms with Crippen molar-refractivity contribution in [2.24, 2.45) is 11.8 Å². The Kier molecular flexibility index (Phi) is 8.59. The molecule has 2 fully saturated rings. The molecule has 12 heteroatoms. The summed E-state index contributed by atoms with van der Waals surface area (Å²) in [5.41, 5.74) is 0.913. The van der Waals surface area contributed by atoms with Gasteiger partial charge < -0.3 is 25.4 Å². The fourth-order valence-corrected chi connectivity index (χ4v) is 4.71. The zero-order chi connectivity index (χ0) is 24.8. The number of methoxy groups -OCH3 is 1. The van der Waals surface area contributed by atoms with E-state index in [9.17, 15) is 9.59 Å². The van der Waals surface area contributed by atoms with Gasteiger partial charge in [-0.1, -0.05) is 23.2 Å². The van der Waals surface area contributed by atoms with Gasteiger partial charge in [0.1, 0.15) is 17.3 Å². The number of anilines is 2. The number of hydrogen-bond donors (Lipinski definition) is 3. The van der Waals surface area contributed by atoms with E-state index < -0.39 is 6.09 Å². The second-order valence-electron chi connectivity index (χ2n) is 8.71. The van der Waals surface area contributed by atoms with Gasteiger partial charge in [-0.3, -0.25) is 4.79 Å². The number of halogens is 2. The van der Waals surface area contributed by atoms with Crippen molar-refractivity contribution in [1.29, 1.82) is 0 Å². The molecule has 0 aromatic carbocycles. The first kappa shape index (κ1) is 25.4. The third kappa shape index (κ3) is 6.71. The highest BCUT2D eigenvalue weighted by molar-refractivity contribution is 6.35. The molecule has 0 unspecified atom stereocenters. The van der Waals surface area contributed by atoms with Crippen LogP contribution in [-0.2, 0) is 14.3 Å². The summed E-state index contributed by atoms with van der Waals surface area (Å²) in [6.45, 7) is 2.31. The minimum absolute atomic E-state index is 0.0996. The summed E-state index contributed by atoms with van der Waals surface area (Å²) in [6.07, 6.45) is 6.41. The van der Waals surface area contributed by atoms with E-state index in [0.717, 1.165) is 32.6 Å². The molecule has 2 aliphatic rings. The van der Waals surface area contributed by atoms with Crippen LogP contribution in [0.4, 0.5) is 16.4 Å². The lowest BCUT2D eigenvalue weighted by molar-refractivity contribution is -0.119. The van der Waals surface area contributed by atoms with E-state index in [1.165, 1.54) is 13.3 Å². The van der Waals surface area contributed by atoms with E-state index >= 15 is 0 Å². The van der Waals surface area contributed by atoms with Crippen LogP contribution in [0.5, 0.6) is 0 Å². The maximum absolute atomic E-state index is 12.8. The van der Waals surface area contributed by atoms with Crippen LogP contribution in [0.3, 0.4) is 0 Å². The van der Waals surface area contributed by atoms with E-state index in [4.69, 9.17) is 27.9 Å². The first-order chi connectivity index (χ1) is 16.9. The number of alkyl carbamates (subject to hydrolysis) is 1. The van der Waals surface area contributed by atoms with E-state index in [1.54, 1.807) is 12.3 Å². The number of hydrogen-bond acceptors (Lipinski definition) is 8. The molecule has 1 aliphatic carbocycles. The molecule has 0 spiro atoms. The van der Waals surface area contributed by atoms with Crippen LogP contribution in [-0.4, -0.2) is 59.9 Å². The van der Waals surface area contributed by atoms with Crippen molar-refractivity contribution >= 4 is 46.8 Å². The highest BCUT2D eigenvalue weighted by Crippen LogP contribution is 2.33. The number of nitrogens with zero attached hydrogens (tertiary/aromatic N) is 3. The molecule has 2 atom stereocenters. The zero-order valence-electron chi connectivity index (χ0n) is 19.4. The average molecular weight is 523 g/mol. The molecule has 3 heterocycles. The topological polar surface area (TPSA) is 127 Å². The fraction of sp³-hybridized carbons (Fsp3) is 0.522. The van der Waals surface area contributed by atoms with Crippen molar-refractivity contribution in [3.63, 3.8) is 0 Å². The van der Waals surface area contributed by atoms with Crippen LogP contribution in [0.2, 0.25) is 10.2 Å². The number of pyridine rings is 1. The normalized spacial score (nSPS) is 20.3. The molecule has 0 radical (unpaired) electrons. The van der Waals surface area contributed by atoms with Crippen molar-refractivity contribution in [2.45, 2.75) is 38.1 Å². The zero-order valence-corrected chi connectivity index (χ0v) is 20.9. The summed E-state index contributed by atoms with van der Waals surface area (Å²) in [5, 5.41) is 9.43. The molecular weight excluding hydrogens is 495 g/mol. The molecule has 2 aromatic rings. The van der Waals surface area contributed by atoms with E-state index in [1.807, 2.05) is 0 Å². The van der Waals surface area contributed by atoms with Crippen molar-refractivity contribution in [1.82, 2.24) is 20.3 Å². The Morgan fingerprint density at radius 2 is 1.91 bits per heavy atom. The lowest BCUT2D eigenvalue weighted by Gasteiger charge is -2.22. The van der Waals surface area contributed by atoms with Gasteiger partial charge in [-0.25, -0.2) is 19.7 Å². The molecule has 1 aliphatic heterocycles. The standard InChI is InChI=1S/C23H28Cl2N6O4/c1-34-23(33)29-15-3-2-14(8-15)22(32)31-18-9-16(17(24)11-27-18)20-21(25)28-12-19(30-20)26-10-13-4-6-35-7-5-13/h9,11-15H,2-8,10H2,1H3,(H,26,30)(H,29,33)(H,27,31,32)/t14-,15+/m1/s1. The van der Waals surface area contributed by atoms with E-state index in [2.05, 4.69) is 35.6 Å². The maximum Gasteiger partial charge on any atom is 0.407 e. The molecule has 10 nitrogen and oxygen atoms in total. The largest absolute Gasteiger partial charge is 0.453 e. The van der Waals surface area contributed by atoms with Crippen molar-refractivity contribution in [3.8, 4) is 11.3 Å². The van der Waals surface area contributed by atoms with Gasteiger partial charge in [-0.15, -0.1) is 0 Å². The Morgan fingerprint density at radius 1 is 1.11 bits per heavy atom. The predicted octanol–water partition coefficient (Wildman–Crippen LogP) is 4.15. The highest BCUT2D eigenvalue weighted by atomic mass is 35.5. The van der Waals surface area contributed by atoms with E-state index in [-0.39, 0.29) is 23.0 Å². The molecule has 0 bridgehead atoms. The Balaban J connectivity index is 1.43. The minimum atomic E-state index is -0.498. The number of amides is 2. The monoisotopic (exact) mass is 522 g/mol. The Morgan fingerprint density at radius 3 is 2.69 bits per heavy atom. The van der Waals surface area contributed by atoms with Crippen LogP contribution in [0, 0.1) is 11.8 Å². The summed E-state index contributed by atoms with van der Waals surface area (Å²) < 4.78 is 10.0. The van der Waals surface area contributed by atoms with Crippen molar-refractivity contribution < 1.29 is 19.1 Å². The molecular formula is C23H28Cl2N6O4. The van der Waals surface area contributed by atoms with Gasteiger partial charge in [0.2, 0.25) is 5.91 Å². The summed E-state index contributed by atoms with van der Waals surface area (Å²) >= 11 is 12.8. The van der Waals surface area contributed by atoms with Crippen LogP contribution < -0.4 is 16.0 Å². The lowest BCUT2D eigenvalue weighted by atomic mass is 10.0. The number of aromatic nitrogens is 3. The van der Waals surface area contributed by atoms with Gasteiger partial charge in [0.25, 0.3) is 0 Å². The lowest BCUT2D eigenvalue weighted by Crippen LogP contribution is -2.33. The Labute approximate surface area is 213 Å². The first-order valence-electron chi connectivity index (χ1n) is 11.6. The van der Waals surface area contributed by atoms with Crippen LogP contribution in [0.1, 0.15) is 32.1 Å². The predicted molar refractivity (Wildman–Crippen MR) is 133 cm³/mol. The molecule has 2 aromatic heterocycles. The summed E-state index contributed by atoms with van der Waals surface area (Å²) in [7, 11) is 1.31. The SMILES string of the molecule is COC(=O)N[C@H]1CC[C@@H](C(=O)Nc2cc(-c3nc(NCC4CCOCC4)cnc3Cl)c(Cl)cn2)C1. The second-order valence-corrected chi connectivity index (χ2v) is 9.48. The van der Waals surface area contributed by atoms with Gasteiger partial charge >= 0.3 is 6.09 Å². The number of carbonyl (C=O) groups excluding carboxylic acids is 2. The molecule has 35 heavy (non-hydrogen) atoms. The summed E-state index contributed by atoms with van der Waals surface area (Å²) in [5.74, 6) is 0.999. The molecule has 3 N–H and O–H groups in total. The number of rotatable bonds is 7. The molecule has 188 valence electrons. The van der Waals surface area contributed by atoms with E-state index in [0.29, 0.717) is 53.1 Å². The number of carbonyl (C=O) groups is 2. The Bertz CT molecular complexity index is 1070. The molecule has 1 saturated carbocycles. The Hall–Kier alpha value is -2.69. The maximum atomic E-state index is 12.8. The number of ether oxygens (including phenoxy) is 2.